The van der Waals surface area contributed by atoms with Gasteiger partial charge in [0, 0.05) is 6.42 Å². The zero-order valence-electron chi connectivity index (χ0n) is 11.4. The maximum atomic E-state index is 10.5. The zero-order chi connectivity index (χ0) is 14.5. The van der Waals surface area contributed by atoms with Crippen molar-refractivity contribution < 1.29 is 15.0 Å². The van der Waals surface area contributed by atoms with Crippen molar-refractivity contribution in [1.29, 1.82) is 0 Å². The van der Waals surface area contributed by atoms with Gasteiger partial charge in [-0.3, -0.25) is 4.79 Å². The summed E-state index contributed by atoms with van der Waals surface area (Å²) in [5.41, 5.74) is 4.21. The lowest BCUT2D eigenvalue weighted by Gasteiger charge is -2.11. The van der Waals surface area contributed by atoms with Crippen LogP contribution >= 0.6 is 0 Å². The Kier molecular flexibility index (Phi) is 4.53. The third-order valence-electron chi connectivity index (χ3n) is 3.38. The summed E-state index contributed by atoms with van der Waals surface area (Å²) < 4.78 is 0. The summed E-state index contributed by atoms with van der Waals surface area (Å²) in [6.45, 7) is 2.06. The second-order valence-corrected chi connectivity index (χ2v) is 4.89. The van der Waals surface area contributed by atoms with Gasteiger partial charge in [-0.1, -0.05) is 48.5 Å². The van der Waals surface area contributed by atoms with E-state index < -0.39 is 12.1 Å². The van der Waals surface area contributed by atoms with Crippen LogP contribution in [0.1, 0.15) is 30.1 Å². The second kappa shape index (κ2) is 6.35. The highest BCUT2D eigenvalue weighted by Crippen LogP contribution is 2.26. The van der Waals surface area contributed by atoms with Crippen molar-refractivity contribution in [2.45, 2.75) is 25.9 Å². The van der Waals surface area contributed by atoms with Gasteiger partial charge in [0.25, 0.3) is 0 Å². The van der Waals surface area contributed by atoms with Gasteiger partial charge < -0.3 is 10.2 Å². The summed E-state index contributed by atoms with van der Waals surface area (Å²) in [5, 5.41) is 18.5. The molecule has 2 N–H and O–H groups in total. The van der Waals surface area contributed by atoms with Crippen molar-refractivity contribution in [2.75, 3.05) is 0 Å². The number of hydrogen-bond acceptors (Lipinski definition) is 2. The highest BCUT2D eigenvalue weighted by molar-refractivity contribution is 5.67. The largest absolute Gasteiger partial charge is 0.481 e. The zero-order valence-corrected chi connectivity index (χ0v) is 11.4. The highest BCUT2D eigenvalue weighted by Gasteiger charge is 2.10. The van der Waals surface area contributed by atoms with Crippen LogP contribution in [0.5, 0.6) is 0 Å². The first-order valence-electron chi connectivity index (χ1n) is 6.64. The summed E-state index contributed by atoms with van der Waals surface area (Å²) >= 11 is 0. The fourth-order valence-electron chi connectivity index (χ4n) is 2.21. The van der Waals surface area contributed by atoms with Crippen molar-refractivity contribution in [3.8, 4) is 11.1 Å². The third kappa shape index (κ3) is 3.45. The number of aryl methyl sites for hydroxylation is 1. The standard InChI is InChI=1S/C17H18O3/c1-12-4-2-3-5-15(12)13-6-8-14(9-7-13)16(18)10-11-17(19)20/h2-9,16,18H,10-11H2,1H3,(H,19,20). The van der Waals surface area contributed by atoms with Gasteiger partial charge in [0.05, 0.1) is 6.10 Å². The van der Waals surface area contributed by atoms with Gasteiger partial charge in [0.15, 0.2) is 0 Å². The number of hydrogen-bond donors (Lipinski definition) is 2. The average Bonchev–Trinajstić information content (AvgIpc) is 2.45. The minimum Gasteiger partial charge on any atom is -0.481 e. The van der Waals surface area contributed by atoms with E-state index in [-0.39, 0.29) is 12.8 Å². The lowest BCUT2D eigenvalue weighted by molar-refractivity contribution is -0.137. The van der Waals surface area contributed by atoms with E-state index in [1.54, 1.807) is 0 Å². The fourth-order valence-corrected chi connectivity index (χ4v) is 2.21. The molecule has 3 nitrogen and oxygen atoms in total. The molecule has 0 aliphatic carbocycles. The van der Waals surface area contributed by atoms with Gasteiger partial charge in [-0.15, -0.1) is 0 Å². The van der Waals surface area contributed by atoms with E-state index in [4.69, 9.17) is 5.11 Å². The van der Waals surface area contributed by atoms with Crippen molar-refractivity contribution in [3.63, 3.8) is 0 Å². The molecule has 1 unspecified atom stereocenters. The van der Waals surface area contributed by atoms with Crippen LogP contribution in [0.4, 0.5) is 0 Å². The summed E-state index contributed by atoms with van der Waals surface area (Å²) in [4.78, 5) is 10.5. The maximum Gasteiger partial charge on any atom is 0.303 e. The van der Waals surface area contributed by atoms with Crippen LogP contribution < -0.4 is 0 Å². The Bertz CT molecular complexity index is 587. The molecular weight excluding hydrogens is 252 g/mol. The number of carboxylic acid groups (broad SMARTS) is 1. The van der Waals surface area contributed by atoms with E-state index in [0.29, 0.717) is 0 Å². The first-order valence-corrected chi connectivity index (χ1v) is 6.64. The van der Waals surface area contributed by atoms with E-state index in [1.165, 1.54) is 11.1 Å². The molecule has 2 aromatic carbocycles. The predicted octanol–water partition coefficient (Wildman–Crippen LogP) is 3.56. The molecule has 0 spiro atoms. The number of aliphatic hydroxyl groups excluding tert-OH is 1. The minimum absolute atomic E-state index is 0.0271. The van der Waals surface area contributed by atoms with E-state index in [2.05, 4.69) is 19.1 Å². The Labute approximate surface area is 118 Å². The molecule has 0 aliphatic heterocycles. The number of carbonyl (C=O) groups is 1. The maximum absolute atomic E-state index is 10.5. The van der Waals surface area contributed by atoms with Crippen molar-refractivity contribution >= 4 is 5.97 Å². The molecule has 2 rings (SSSR count). The first-order chi connectivity index (χ1) is 9.58. The smallest absolute Gasteiger partial charge is 0.303 e. The van der Waals surface area contributed by atoms with E-state index in [0.717, 1.165) is 11.1 Å². The molecule has 0 aliphatic rings. The molecule has 0 heterocycles. The van der Waals surface area contributed by atoms with Crippen LogP contribution in [0.2, 0.25) is 0 Å². The minimum atomic E-state index is -0.888. The topological polar surface area (TPSA) is 57.5 Å². The van der Waals surface area contributed by atoms with Crippen LogP contribution in [0.25, 0.3) is 11.1 Å². The predicted molar refractivity (Wildman–Crippen MR) is 78.4 cm³/mol. The van der Waals surface area contributed by atoms with Gasteiger partial charge in [-0.25, -0.2) is 0 Å². The molecule has 0 aromatic heterocycles. The van der Waals surface area contributed by atoms with Crippen LogP contribution in [-0.4, -0.2) is 16.2 Å². The van der Waals surface area contributed by atoms with Crippen molar-refractivity contribution in [1.82, 2.24) is 0 Å². The molecule has 0 bridgehead atoms. The summed E-state index contributed by atoms with van der Waals surface area (Å²) in [5.74, 6) is -0.888. The van der Waals surface area contributed by atoms with Gasteiger partial charge >= 0.3 is 5.97 Å². The molecular formula is C17H18O3. The molecule has 0 saturated carbocycles. The molecule has 3 heteroatoms. The molecule has 104 valence electrons. The first kappa shape index (κ1) is 14.3. The Morgan fingerprint density at radius 1 is 1.10 bits per heavy atom. The molecule has 0 fully saturated rings. The number of aliphatic hydroxyl groups is 1. The van der Waals surface area contributed by atoms with Crippen molar-refractivity contribution in [3.05, 3.63) is 59.7 Å². The van der Waals surface area contributed by atoms with Crippen LogP contribution in [-0.2, 0) is 4.79 Å². The Morgan fingerprint density at radius 3 is 2.35 bits per heavy atom. The molecule has 0 saturated heterocycles. The van der Waals surface area contributed by atoms with E-state index in [1.807, 2.05) is 36.4 Å². The molecule has 2 aromatic rings. The molecule has 0 amide bonds. The number of aliphatic carboxylic acids is 1. The van der Waals surface area contributed by atoms with Gasteiger partial charge in [0.1, 0.15) is 0 Å². The summed E-state index contributed by atoms with van der Waals surface area (Å²) in [6.07, 6.45) is -0.517. The van der Waals surface area contributed by atoms with Crippen LogP contribution in [0.3, 0.4) is 0 Å². The second-order valence-electron chi connectivity index (χ2n) is 4.89. The number of benzene rings is 2. The van der Waals surface area contributed by atoms with Crippen LogP contribution in [0, 0.1) is 6.92 Å². The van der Waals surface area contributed by atoms with E-state index in [9.17, 15) is 9.90 Å². The van der Waals surface area contributed by atoms with E-state index >= 15 is 0 Å². The van der Waals surface area contributed by atoms with Crippen LogP contribution in [0.15, 0.2) is 48.5 Å². The normalized spacial score (nSPS) is 12.1. The SMILES string of the molecule is Cc1ccccc1-c1ccc(C(O)CCC(=O)O)cc1. The fraction of sp³-hybridized carbons (Fsp3) is 0.235. The lowest BCUT2D eigenvalue weighted by Crippen LogP contribution is -2.02. The quantitative estimate of drug-likeness (QED) is 0.873. The molecule has 0 radical (unpaired) electrons. The average molecular weight is 270 g/mol. The summed E-state index contributed by atoms with van der Waals surface area (Å²) in [7, 11) is 0. The third-order valence-corrected chi connectivity index (χ3v) is 3.38. The Balaban J connectivity index is 2.14. The number of rotatable bonds is 5. The Hall–Kier alpha value is -2.13. The molecule has 20 heavy (non-hydrogen) atoms. The lowest BCUT2D eigenvalue weighted by atomic mass is 9.97. The van der Waals surface area contributed by atoms with Gasteiger partial charge in [-0.05, 0) is 35.6 Å². The monoisotopic (exact) mass is 270 g/mol. The Morgan fingerprint density at radius 2 is 1.75 bits per heavy atom. The van der Waals surface area contributed by atoms with Gasteiger partial charge in [0.2, 0.25) is 0 Å². The highest BCUT2D eigenvalue weighted by atomic mass is 16.4. The van der Waals surface area contributed by atoms with Crippen molar-refractivity contribution in [2.24, 2.45) is 0 Å². The van der Waals surface area contributed by atoms with Gasteiger partial charge in [-0.2, -0.15) is 0 Å². The number of carboxylic acids is 1. The summed E-state index contributed by atoms with van der Waals surface area (Å²) in [6, 6.07) is 15.8. The molecule has 1 atom stereocenters.